The fraction of sp³-hybridized carbons (Fsp3) is 0.500. The van der Waals surface area contributed by atoms with Crippen molar-refractivity contribution < 1.29 is 14.7 Å². The molecule has 2 unspecified atom stereocenters. The molecule has 2 amide bonds. The molecular weight excluding hydrogens is 268 g/mol. The Hall–Kier alpha value is -2.04. The van der Waals surface area contributed by atoms with Crippen molar-refractivity contribution in [2.75, 3.05) is 5.32 Å². The number of aryl methyl sites for hydroxylation is 2. The van der Waals surface area contributed by atoms with Crippen LogP contribution in [0.25, 0.3) is 0 Å². The molecule has 0 aromatic heterocycles. The van der Waals surface area contributed by atoms with Crippen LogP contribution in [-0.2, 0) is 4.79 Å². The van der Waals surface area contributed by atoms with Crippen LogP contribution in [0.4, 0.5) is 10.5 Å². The summed E-state index contributed by atoms with van der Waals surface area (Å²) in [4.78, 5) is 23.0. The molecule has 2 rings (SSSR count). The number of anilines is 1. The van der Waals surface area contributed by atoms with E-state index in [1.165, 1.54) is 0 Å². The quantitative estimate of drug-likeness (QED) is 0.800. The summed E-state index contributed by atoms with van der Waals surface area (Å²) in [6.07, 6.45) is 2.89. The van der Waals surface area contributed by atoms with Crippen LogP contribution in [0.5, 0.6) is 0 Å². The first-order chi connectivity index (χ1) is 9.94. The highest BCUT2D eigenvalue weighted by Crippen LogP contribution is 2.24. The number of hydrogen-bond donors (Lipinski definition) is 3. The summed E-state index contributed by atoms with van der Waals surface area (Å²) in [5.74, 6) is -1.11. The molecule has 0 aliphatic heterocycles. The Morgan fingerprint density at radius 3 is 2.43 bits per heavy atom. The fourth-order valence-electron chi connectivity index (χ4n) is 2.94. The summed E-state index contributed by atoms with van der Waals surface area (Å²) >= 11 is 0. The van der Waals surface area contributed by atoms with Gasteiger partial charge in [0.2, 0.25) is 0 Å². The zero-order chi connectivity index (χ0) is 15.4. The largest absolute Gasteiger partial charge is 0.481 e. The van der Waals surface area contributed by atoms with Gasteiger partial charge in [0.25, 0.3) is 0 Å². The van der Waals surface area contributed by atoms with Crippen molar-refractivity contribution >= 4 is 17.7 Å². The van der Waals surface area contributed by atoms with Crippen molar-refractivity contribution in [3.8, 4) is 0 Å². The van der Waals surface area contributed by atoms with Crippen LogP contribution in [-0.4, -0.2) is 23.1 Å². The number of amides is 2. The smallest absolute Gasteiger partial charge is 0.319 e. The molecule has 5 heteroatoms. The monoisotopic (exact) mass is 290 g/mol. The molecule has 3 N–H and O–H groups in total. The number of hydrogen-bond acceptors (Lipinski definition) is 2. The minimum absolute atomic E-state index is 0.0641. The Labute approximate surface area is 124 Å². The highest BCUT2D eigenvalue weighted by Gasteiger charge is 2.27. The molecule has 1 aliphatic rings. The molecule has 0 heterocycles. The molecule has 0 radical (unpaired) electrons. The third-order valence-electron chi connectivity index (χ3n) is 3.84. The lowest BCUT2D eigenvalue weighted by atomic mass is 9.86. The van der Waals surface area contributed by atoms with E-state index in [1.807, 2.05) is 32.0 Å². The first kappa shape index (κ1) is 15.4. The molecule has 1 saturated carbocycles. The average Bonchev–Trinajstić information content (AvgIpc) is 2.37. The van der Waals surface area contributed by atoms with E-state index in [-0.39, 0.29) is 18.0 Å². The number of carboxylic acid groups (broad SMARTS) is 1. The second kappa shape index (κ2) is 6.61. The lowest BCUT2D eigenvalue weighted by Gasteiger charge is -2.27. The Bertz CT molecular complexity index is 522. The van der Waals surface area contributed by atoms with E-state index in [9.17, 15) is 9.59 Å². The maximum atomic E-state index is 12.0. The molecule has 1 aromatic carbocycles. The number of nitrogens with one attached hydrogen (secondary N) is 2. The van der Waals surface area contributed by atoms with Gasteiger partial charge in [-0.05, 0) is 56.4 Å². The summed E-state index contributed by atoms with van der Waals surface area (Å²) in [5, 5.41) is 14.8. The van der Waals surface area contributed by atoms with Crippen molar-refractivity contribution in [3.05, 3.63) is 29.3 Å². The zero-order valence-corrected chi connectivity index (χ0v) is 12.5. The summed E-state index contributed by atoms with van der Waals surface area (Å²) in [6.45, 7) is 3.96. The number of carboxylic acids is 1. The predicted octanol–water partition coefficient (Wildman–Crippen LogP) is 3.07. The van der Waals surface area contributed by atoms with Gasteiger partial charge in [-0.2, -0.15) is 0 Å². The normalized spacial score (nSPS) is 21.6. The van der Waals surface area contributed by atoms with Crippen LogP contribution in [0, 0.1) is 19.8 Å². The van der Waals surface area contributed by atoms with E-state index in [0.717, 1.165) is 29.7 Å². The van der Waals surface area contributed by atoms with Gasteiger partial charge in [-0.1, -0.05) is 12.5 Å². The molecule has 2 atom stereocenters. The molecule has 0 bridgehead atoms. The molecule has 0 spiro atoms. The molecule has 1 aliphatic carbocycles. The summed E-state index contributed by atoms with van der Waals surface area (Å²) in [5.41, 5.74) is 2.94. The molecule has 1 aromatic rings. The Morgan fingerprint density at radius 2 is 1.81 bits per heavy atom. The van der Waals surface area contributed by atoms with E-state index in [4.69, 9.17) is 5.11 Å². The molecule has 21 heavy (non-hydrogen) atoms. The maximum absolute atomic E-state index is 12.0. The Morgan fingerprint density at radius 1 is 1.14 bits per heavy atom. The van der Waals surface area contributed by atoms with Gasteiger partial charge in [-0.15, -0.1) is 0 Å². The molecule has 0 saturated heterocycles. The van der Waals surface area contributed by atoms with Gasteiger partial charge in [0.15, 0.2) is 0 Å². The second-order valence-corrected chi connectivity index (χ2v) is 5.87. The van der Waals surface area contributed by atoms with Crippen molar-refractivity contribution in [1.82, 2.24) is 5.32 Å². The van der Waals surface area contributed by atoms with E-state index < -0.39 is 5.97 Å². The van der Waals surface area contributed by atoms with Gasteiger partial charge in [0, 0.05) is 11.7 Å². The van der Waals surface area contributed by atoms with Crippen molar-refractivity contribution in [2.24, 2.45) is 5.92 Å². The van der Waals surface area contributed by atoms with Crippen molar-refractivity contribution in [2.45, 2.75) is 45.6 Å². The van der Waals surface area contributed by atoms with Gasteiger partial charge in [0.1, 0.15) is 0 Å². The van der Waals surface area contributed by atoms with Crippen LogP contribution < -0.4 is 10.6 Å². The lowest BCUT2D eigenvalue weighted by molar-refractivity contribution is -0.143. The summed E-state index contributed by atoms with van der Waals surface area (Å²) in [6, 6.07) is 5.53. The van der Waals surface area contributed by atoms with Crippen LogP contribution in [0.15, 0.2) is 18.2 Å². The first-order valence-electron chi connectivity index (χ1n) is 7.32. The van der Waals surface area contributed by atoms with Crippen LogP contribution >= 0.6 is 0 Å². The minimum atomic E-state index is -0.767. The molecule has 114 valence electrons. The summed E-state index contributed by atoms with van der Waals surface area (Å²) < 4.78 is 0. The van der Waals surface area contributed by atoms with Gasteiger partial charge in [0.05, 0.1) is 5.92 Å². The highest BCUT2D eigenvalue weighted by atomic mass is 16.4. The van der Waals surface area contributed by atoms with Gasteiger partial charge >= 0.3 is 12.0 Å². The molecule has 1 fully saturated rings. The third kappa shape index (κ3) is 4.48. The van der Waals surface area contributed by atoms with Gasteiger partial charge in [-0.3, -0.25) is 4.79 Å². The minimum Gasteiger partial charge on any atom is -0.481 e. The van der Waals surface area contributed by atoms with E-state index in [2.05, 4.69) is 10.6 Å². The number of aliphatic carboxylic acids is 1. The van der Waals surface area contributed by atoms with E-state index >= 15 is 0 Å². The molecular formula is C16H22N2O3. The number of carbonyl (C=O) groups excluding carboxylic acids is 1. The van der Waals surface area contributed by atoms with Crippen LogP contribution in [0.1, 0.15) is 36.8 Å². The Kier molecular flexibility index (Phi) is 4.83. The molecule has 5 nitrogen and oxygen atoms in total. The van der Waals surface area contributed by atoms with Crippen LogP contribution in [0.3, 0.4) is 0 Å². The number of urea groups is 1. The Balaban J connectivity index is 1.90. The summed E-state index contributed by atoms with van der Waals surface area (Å²) in [7, 11) is 0. The standard InChI is InChI=1S/C16H22N2O3/c1-10-6-11(2)8-14(7-10)18-16(21)17-13-5-3-4-12(9-13)15(19)20/h6-8,12-13H,3-5,9H2,1-2H3,(H,19,20)(H2,17,18,21). The number of carbonyl (C=O) groups is 2. The van der Waals surface area contributed by atoms with E-state index in [0.29, 0.717) is 12.8 Å². The SMILES string of the molecule is Cc1cc(C)cc(NC(=O)NC2CCCC(C(=O)O)C2)c1. The van der Waals surface area contributed by atoms with Crippen molar-refractivity contribution in [1.29, 1.82) is 0 Å². The van der Waals surface area contributed by atoms with Gasteiger partial charge in [-0.25, -0.2) is 4.79 Å². The maximum Gasteiger partial charge on any atom is 0.319 e. The fourth-order valence-corrected chi connectivity index (χ4v) is 2.94. The van der Waals surface area contributed by atoms with Gasteiger partial charge < -0.3 is 15.7 Å². The van der Waals surface area contributed by atoms with E-state index in [1.54, 1.807) is 0 Å². The lowest BCUT2D eigenvalue weighted by Crippen LogP contribution is -2.42. The third-order valence-corrected chi connectivity index (χ3v) is 3.84. The predicted molar refractivity (Wildman–Crippen MR) is 81.5 cm³/mol. The zero-order valence-electron chi connectivity index (χ0n) is 12.5. The first-order valence-corrected chi connectivity index (χ1v) is 7.32. The number of rotatable bonds is 3. The average molecular weight is 290 g/mol. The topological polar surface area (TPSA) is 78.4 Å². The highest BCUT2D eigenvalue weighted by molar-refractivity contribution is 5.89. The van der Waals surface area contributed by atoms with Crippen molar-refractivity contribution in [3.63, 3.8) is 0 Å². The van der Waals surface area contributed by atoms with Crippen LogP contribution in [0.2, 0.25) is 0 Å². The number of benzene rings is 1. The second-order valence-electron chi connectivity index (χ2n) is 5.87.